The molecule has 0 saturated heterocycles. The van der Waals surface area contributed by atoms with Crippen LogP contribution in [0.5, 0.6) is 0 Å². The van der Waals surface area contributed by atoms with Gasteiger partial charge in [-0.3, -0.25) is 4.79 Å². The molecule has 0 aromatic carbocycles. The van der Waals surface area contributed by atoms with E-state index in [1.54, 1.807) is 52.8 Å². The van der Waals surface area contributed by atoms with Crippen molar-refractivity contribution in [3.63, 3.8) is 0 Å². The van der Waals surface area contributed by atoms with Crippen LogP contribution in [0.4, 0.5) is 0 Å². The molecule has 0 saturated carbocycles. The molecule has 0 spiro atoms. The third-order valence-corrected chi connectivity index (χ3v) is 15.3. The van der Waals surface area contributed by atoms with Crippen molar-refractivity contribution in [2.24, 2.45) is 47.2 Å². The highest BCUT2D eigenvalue weighted by Crippen LogP contribution is 2.28. The molecule has 1 aliphatic heterocycles. The zero-order valence-electron chi connectivity index (χ0n) is 46.8. The minimum absolute atomic E-state index is 0.00902. The van der Waals surface area contributed by atoms with Crippen LogP contribution in [0, 0.1) is 41.4 Å². The van der Waals surface area contributed by atoms with Crippen molar-refractivity contribution in [3.05, 3.63) is 59.8 Å². The van der Waals surface area contributed by atoms with E-state index in [4.69, 9.17) is 10.5 Å². The fourth-order valence-electron chi connectivity index (χ4n) is 9.35. The average Bonchev–Trinajstić information content (AvgIpc) is 3.36. The Morgan fingerprint density at radius 2 is 1.17 bits per heavy atom. The maximum absolute atomic E-state index is 13.4. The van der Waals surface area contributed by atoms with Gasteiger partial charge in [0.2, 0.25) is 5.91 Å². The Labute approximate surface area is 452 Å². The molecule has 76 heavy (non-hydrogen) atoms. The number of aliphatic hydroxyl groups excluding tert-OH is 14. The maximum Gasteiger partial charge on any atom is 0.333 e. The number of rotatable bonds is 5. The number of amides is 1. The topological polar surface area (TPSA) is 365 Å². The van der Waals surface area contributed by atoms with Crippen molar-refractivity contribution in [3.8, 4) is 0 Å². The number of allylic oxidation sites excluding steroid dienone is 2. The van der Waals surface area contributed by atoms with Crippen molar-refractivity contribution in [1.82, 2.24) is 5.32 Å². The zero-order chi connectivity index (χ0) is 58.0. The highest BCUT2D eigenvalue weighted by molar-refractivity contribution is 5.87. The Kier molecular flexibility index (Phi) is 34.7. The zero-order valence-corrected chi connectivity index (χ0v) is 46.8. The Morgan fingerprint density at radius 3 is 1.76 bits per heavy atom. The van der Waals surface area contributed by atoms with Crippen LogP contribution in [0.3, 0.4) is 0 Å². The number of hydrogen-bond donors (Lipinski definition) is 16. The van der Waals surface area contributed by atoms with Gasteiger partial charge in [0.25, 0.3) is 0 Å². The second-order valence-electron chi connectivity index (χ2n) is 22.1. The van der Waals surface area contributed by atoms with E-state index in [0.29, 0.717) is 31.3 Å². The van der Waals surface area contributed by atoms with Gasteiger partial charge in [0, 0.05) is 73.4 Å². The Balaban J connectivity index is 3.33. The van der Waals surface area contributed by atoms with Crippen LogP contribution in [0.25, 0.3) is 0 Å². The fraction of sp³-hybridized carbons (Fsp3) is 0.789. The van der Waals surface area contributed by atoms with E-state index in [1.807, 2.05) is 26.0 Å². The van der Waals surface area contributed by atoms with Crippen molar-refractivity contribution < 1.29 is 85.8 Å². The van der Waals surface area contributed by atoms with Gasteiger partial charge >= 0.3 is 5.97 Å². The molecule has 1 amide bonds. The van der Waals surface area contributed by atoms with Crippen molar-refractivity contribution in [1.29, 1.82) is 0 Å². The monoisotopic (exact) mass is 1090 g/mol. The van der Waals surface area contributed by atoms with E-state index in [1.165, 1.54) is 32.1 Å². The molecule has 0 fully saturated rings. The summed E-state index contributed by atoms with van der Waals surface area (Å²) >= 11 is 0. The summed E-state index contributed by atoms with van der Waals surface area (Å²) in [5.74, 6) is -4.96. The minimum Gasteiger partial charge on any atom is -0.459 e. The van der Waals surface area contributed by atoms with E-state index >= 15 is 0 Å². The van der Waals surface area contributed by atoms with E-state index < -0.39 is 127 Å². The Hall–Kier alpha value is -2.96. The van der Waals surface area contributed by atoms with Crippen molar-refractivity contribution in [2.45, 2.75) is 231 Å². The van der Waals surface area contributed by atoms with Crippen molar-refractivity contribution in [2.75, 3.05) is 13.1 Å². The largest absolute Gasteiger partial charge is 0.459 e. The van der Waals surface area contributed by atoms with Gasteiger partial charge in [-0.15, -0.1) is 0 Å². The van der Waals surface area contributed by atoms with Gasteiger partial charge in [-0.25, -0.2) is 4.79 Å². The van der Waals surface area contributed by atoms with Gasteiger partial charge in [-0.1, -0.05) is 97.1 Å². The summed E-state index contributed by atoms with van der Waals surface area (Å²) in [7, 11) is 0. The second-order valence-corrected chi connectivity index (χ2v) is 22.1. The predicted molar refractivity (Wildman–Crippen MR) is 291 cm³/mol. The van der Waals surface area contributed by atoms with Crippen LogP contribution < -0.4 is 11.1 Å². The summed E-state index contributed by atoms with van der Waals surface area (Å²) in [6.07, 6.45) is -4.46. The molecule has 0 aromatic rings. The second kappa shape index (κ2) is 37.1. The van der Waals surface area contributed by atoms with Gasteiger partial charge in [0.15, 0.2) is 0 Å². The highest BCUT2D eigenvalue weighted by atomic mass is 16.5. The molecular formula is C57H102N2O17. The lowest BCUT2D eigenvalue weighted by molar-refractivity contribution is -0.150. The first kappa shape index (κ1) is 71.1. The summed E-state index contributed by atoms with van der Waals surface area (Å²) in [6.45, 7) is 15.5. The van der Waals surface area contributed by atoms with Crippen LogP contribution in [-0.2, 0) is 14.3 Å². The van der Waals surface area contributed by atoms with Crippen LogP contribution in [0.2, 0.25) is 0 Å². The summed E-state index contributed by atoms with van der Waals surface area (Å²) in [6, 6.07) is 0. The van der Waals surface area contributed by atoms with Crippen molar-refractivity contribution >= 4 is 11.9 Å². The molecule has 22 unspecified atom stereocenters. The molecule has 17 N–H and O–H groups in total. The molecule has 19 nitrogen and oxygen atoms in total. The lowest BCUT2D eigenvalue weighted by atomic mass is 9.82. The normalized spacial score (nSPS) is 42.3. The molecule has 19 heteroatoms. The van der Waals surface area contributed by atoms with Gasteiger partial charge in [-0.05, 0) is 83.1 Å². The van der Waals surface area contributed by atoms with E-state index in [9.17, 15) is 81.1 Å². The lowest BCUT2D eigenvalue weighted by Crippen LogP contribution is -2.41. The quantitative estimate of drug-likeness (QED) is 0.138. The predicted octanol–water partition coefficient (Wildman–Crippen LogP) is 1.73. The van der Waals surface area contributed by atoms with Crippen LogP contribution >= 0.6 is 0 Å². The molecule has 1 rings (SSSR count). The first-order valence-electron chi connectivity index (χ1n) is 27.6. The minimum atomic E-state index is -1.49. The Morgan fingerprint density at radius 1 is 0.605 bits per heavy atom. The smallest absolute Gasteiger partial charge is 0.333 e. The van der Waals surface area contributed by atoms with E-state index in [0.717, 1.165) is 0 Å². The number of hydrogen-bond acceptors (Lipinski definition) is 18. The molecule has 0 aliphatic carbocycles. The third-order valence-electron chi connectivity index (χ3n) is 15.3. The number of aliphatic hydroxyl groups is 14. The van der Waals surface area contributed by atoms with E-state index in [2.05, 4.69) is 5.32 Å². The number of esters is 1. The molecule has 1 aliphatic rings. The first-order chi connectivity index (χ1) is 35.5. The summed E-state index contributed by atoms with van der Waals surface area (Å²) in [5, 5.41) is 155. The SMILES string of the molecule is C/C1=C\CCC(C)C(O)C(C)C(O)CC/C=C/C(C)C(O)/C=C/C(C)C(O)/C(C)=C/C(O)C(O)CC(O)CC(O)CC(O)C(C)C(O)C(C)C(O)CC(O)CC(O)/C=C/CC(O)C(C)C(CCC(=O)NCCN)OC1=O. The number of cyclic esters (lactones) is 1. The average molecular weight is 1090 g/mol. The van der Waals surface area contributed by atoms with E-state index in [-0.39, 0.29) is 87.8 Å². The molecule has 1 heterocycles. The number of nitrogens with one attached hydrogen (secondary N) is 1. The summed E-state index contributed by atoms with van der Waals surface area (Å²) < 4.78 is 5.88. The van der Waals surface area contributed by atoms with Gasteiger partial charge in [0.1, 0.15) is 6.10 Å². The Bertz CT molecular complexity index is 1780. The molecule has 442 valence electrons. The molecule has 0 bridgehead atoms. The number of carbonyl (C=O) groups is 2. The highest BCUT2D eigenvalue weighted by Gasteiger charge is 2.34. The molecule has 0 aromatic heterocycles. The first-order valence-corrected chi connectivity index (χ1v) is 27.6. The summed E-state index contributed by atoms with van der Waals surface area (Å²) in [5.41, 5.74) is 6.14. The van der Waals surface area contributed by atoms with Crippen LogP contribution in [0.15, 0.2) is 59.8 Å². The van der Waals surface area contributed by atoms with Crippen LogP contribution in [0.1, 0.15) is 139 Å². The molecular weight excluding hydrogens is 985 g/mol. The third kappa shape index (κ3) is 26.8. The number of carbonyl (C=O) groups excluding carboxylic acids is 2. The lowest BCUT2D eigenvalue weighted by Gasteiger charge is -2.33. The summed E-state index contributed by atoms with van der Waals surface area (Å²) in [4.78, 5) is 25.9. The van der Waals surface area contributed by atoms with Crippen LogP contribution in [-0.4, -0.2) is 188 Å². The van der Waals surface area contributed by atoms with Gasteiger partial charge < -0.3 is 87.3 Å². The van der Waals surface area contributed by atoms with Gasteiger partial charge in [0.05, 0.1) is 85.5 Å². The maximum atomic E-state index is 13.4. The molecule has 0 radical (unpaired) electrons. The number of nitrogens with two attached hydrogens (primary N) is 1. The molecule has 22 atom stereocenters. The van der Waals surface area contributed by atoms with Gasteiger partial charge in [-0.2, -0.15) is 0 Å². The number of ether oxygens (including phenoxy) is 1. The fourth-order valence-corrected chi connectivity index (χ4v) is 9.35. The standard InChI is InChI=1S/C57H102N2O17/c1-32-14-10-11-18-47(66)38(7)55(73)33(2)15-12-16-35(4)57(75)76-52(22-23-53(71)59-25-24-58)37(6)46(65)19-13-17-41(60)27-42(61)29-48(67)39(8)56(74)40(9)49(68)30-43(62)28-44(63)31-51(70)50(69)26-36(5)54(72)34(3)20-21-45(32)64/h10,13-14,16-17,20-21,26,32-34,37-52,54-56,60-70,72-74H,11-12,15,18-19,22-25,27-31,58H2,1-9H3,(H,59,71)/b14-10+,17-13+,21-20+,35-16+,36-26+.